The van der Waals surface area contributed by atoms with Gasteiger partial charge in [0, 0.05) is 56.9 Å². The molecule has 1 amide bonds. The summed E-state index contributed by atoms with van der Waals surface area (Å²) in [5.41, 5.74) is 3.39. The lowest BCUT2D eigenvalue weighted by atomic mass is 9.94. The Morgan fingerprint density at radius 3 is 2.64 bits per heavy atom. The number of carbonyl (C=O) groups is 1. The fourth-order valence-electron chi connectivity index (χ4n) is 5.37. The van der Waals surface area contributed by atoms with Crippen molar-refractivity contribution in [2.24, 2.45) is 0 Å². The van der Waals surface area contributed by atoms with Crippen molar-refractivity contribution >= 4 is 11.6 Å². The van der Waals surface area contributed by atoms with Crippen molar-refractivity contribution < 1.29 is 4.79 Å². The zero-order valence-electron chi connectivity index (χ0n) is 19.8. The van der Waals surface area contributed by atoms with Crippen LogP contribution in [-0.2, 0) is 13.1 Å². The van der Waals surface area contributed by atoms with E-state index in [2.05, 4.69) is 31.2 Å². The summed E-state index contributed by atoms with van der Waals surface area (Å²) in [6, 6.07) is 6.64. The van der Waals surface area contributed by atoms with Gasteiger partial charge in [0.05, 0.1) is 12.2 Å². The van der Waals surface area contributed by atoms with E-state index in [1.54, 1.807) is 0 Å². The van der Waals surface area contributed by atoms with Crippen LogP contribution in [0.2, 0.25) is 0 Å². The molecule has 1 N–H and O–H groups in total. The van der Waals surface area contributed by atoms with Gasteiger partial charge in [-0.25, -0.2) is 9.97 Å². The molecule has 0 spiro atoms. The fraction of sp³-hybridized carbons (Fsp3) is 0.560. The normalized spacial score (nSPS) is 18.5. The number of aromatic amines is 1. The SMILES string of the molecule is Cc1cnc(CN(C)Cc2c(C(=O)N3CCN(C4CCCCC4)CC3)nc3ccccn23)[nH]1. The first-order chi connectivity index (χ1) is 16.1. The molecule has 176 valence electrons. The molecule has 0 aromatic carbocycles. The number of fused-ring (bicyclic) bond motifs is 1. The zero-order valence-corrected chi connectivity index (χ0v) is 19.8. The quantitative estimate of drug-likeness (QED) is 0.626. The molecular weight excluding hydrogens is 414 g/mol. The maximum Gasteiger partial charge on any atom is 0.274 e. The van der Waals surface area contributed by atoms with E-state index in [9.17, 15) is 4.79 Å². The molecule has 1 aliphatic heterocycles. The molecule has 8 nitrogen and oxygen atoms in total. The molecule has 3 aromatic rings. The van der Waals surface area contributed by atoms with Crippen LogP contribution in [0.1, 0.15) is 59.8 Å². The van der Waals surface area contributed by atoms with E-state index >= 15 is 0 Å². The highest BCUT2D eigenvalue weighted by molar-refractivity contribution is 5.94. The second-order valence-electron chi connectivity index (χ2n) is 9.64. The first-order valence-corrected chi connectivity index (χ1v) is 12.3. The van der Waals surface area contributed by atoms with Gasteiger partial charge in [0.25, 0.3) is 5.91 Å². The maximum atomic E-state index is 13.6. The summed E-state index contributed by atoms with van der Waals surface area (Å²) < 4.78 is 2.05. The van der Waals surface area contributed by atoms with Crippen molar-refractivity contribution in [2.75, 3.05) is 33.2 Å². The zero-order chi connectivity index (χ0) is 22.8. The van der Waals surface area contributed by atoms with Crippen LogP contribution in [0, 0.1) is 6.92 Å². The number of imidazole rings is 2. The molecule has 1 saturated heterocycles. The van der Waals surface area contributed by atoms with Crippen molar-refractivity contribution in [3.05, 3.63) is 53.5 Å². The molecule has 8 heteroatoms. The van der Waals surface area contributed by atoms with E-state index in [-0.39, 0.29) is 5.91 Å². The van der Waals surface area contributed by atoms with Gasteiger partial charge in [-0.3, -0.25) is 14.6 Å². The summed E-state index contributed by atoms with van der Waals surface area (Å²) >= 11 is 0. The average molecular weight is 450 g/mol. The number of nitrogens with zero attached hydrogens (tertiary/aromatic N) is 6. The third-order valence-corrected chi connectivity index (χ3v) is 7.12. The molecule has 0 unspecified atom stereocenters. The van der Waals surface area contributed by atoms with Gasteiger partial charge in [-0.2, -0.15) is 0 Å². The highest BCUT2D eigenvalue weighted by Crippen LogP contribution is 2.24. The van der Waals surface area contributed by atoms with Gasteiger partial charge in [-0.15, -0.1) is 0 Å². The molecule has 0 radical (unpaired) electrons. The Balaban J connectivity index is 1.31. The highest BCUT2D eigenvalue weighted by atomic mass is 16.2. The van der Waals surface area contributed by atoms with Crippen LogP contribution < -0.4 is 0 Å². The Labute approximate surface area is 195 Å². The molecule has 2 aliphatic rings. The Kier molecular flexibility index (Phi) is 6.46. The van der Waals surface area contributed by atoms with Crippen LogP contribution in [0.25, 0.3) is 5.65 Å². The number of aryl methyl sites for hydroxylation is 1. The summed E-state index contributed by atoms with van der Waals surface area (Å²) in [6.45, 7) is 6.81. The maximum absolute atomic E-state index is 13.6. The van der Waals surface area contributed by atoms with E-state index < -0.39 is 0 Å². The number of H-pyrrole nitrogens is 1. The number of rotatable bonds is 6. The van der Waals surface area contributed by atoms with Crippen LogP contribution in [0.4, 0.5) is 0 Å². The predicted molar refractivity (Wildman–Crippen MR) is 128 cm³/mol. The number of carbonyl (C=O) groups excluding carboxylic acids is 1. The molecule has 2 fully saturated rings. The number of nitrogens with one attached hydrogen (secondary N) is 1. The minimum Gasteiger partial charge on any atom is -0.345 e. The molecule has 5 rings (SSSR count). The molecule has 0 bridgehead atoms. The average Bonchev–Trinajstić information content (AvgIpc) is 3.42. The number of aromatic nitrogens is 4. The Bertz CT molecular complexity index is 1090. The molecule has 4 heterocycles. The number of hydrogen-bond donors (Lipinski definition) is 1. The monoisotopic (exact) mass is 449 g/mol. The first kappa shape index (κ1) is 22.1. The Morgan fingerprint density at radius 1 is 1.12 bits per heavy atom. The topological polar surface area (TPSA) is 72.8 Å². The molecule has 33 heavy (non-hydrogen) atoms. The van der Waals surface area contributed by atoms with E-state index in [0.717, 1.165) is 49.0 Å². The third kappa shape index (κ3) is 4.82. The molecule has 0 atom stereocenters. The van der Waals surface area contributed by atoms with Gasteiger partial charge in [0.15, 0.2) is 5.69 Å². The summed E-state index contributed by atoms with van der Waals surface area (Å²) in [5, 5.41) is 0. The van der Waals surface area contributed by atoms with Crippen molar-refractivity contribution in [1.82, 2.24) is 34.1 Å². The lowest BCUT2D eigenvalue weighted by Crippen LogP contribution is -2.52. The molecule has 1 aliphatic carbocycles. The van der Waals surface area contributed by atoms with Crippen molar-refractivity contribution in [3.63, 3.8) is 0 Å². The predicted octanol–water partition coefficient (Wildman–Crippen LogP) is 3.09. The van der Waals surface area contributed by atoms with Crippen LogP contribution >= 0.6 is 0 Å². The van der Waals surface area contributed by atoms with Crippen LogP contribution in [-0.4, -0.2) is 79.2 Å². The van der Waals surface area contributed by atoms with Gasteiger partial charge >= 0.3 is 0 Å². The van der Waals surface area contributed by atoms with E-state index in [1.807, 2.05) is 42.4 Å². The van der Waals surface area contributed by atoms with Gasteiger partial charge < -0.3 is 14.3 Å². The van der Waals surface area contributed by atoms with E-state index in [4.69, 9.17) is 4.98 Å². The largest absolute Gasteiger partial charge is 0.345 e. The molecule has 1 saturated carbocycles. The first-order valence-electron chi connectivity index (χ1n) is 12.3. The molecular formula is C25H35N7O. The van der Waals surface area contributed by atoms with Gasteiger partial charge in [-0.05, 0) is 38.9 Å². The third-order valence-electron chi connectivity index (χ3n) is 7.12. The number of amides is 1. The van der Waals surface area contributed by atoms with Gasteiger partial charge in [-0.1, -0.05) is 25.3 Å². The Morgan fingerprint density at radius 2 is 1.91 bits per heavy atom. The minimum absolute atomic E-state index is 0.0548. The summed E-state index contributed by atoms with van der Waals surface area (Å²) in [7, 11) is 2.05. The second-order valence-corrected chi connectivity index (χ2v) is 9.64. The van der Waals surface area contributed by atoms with Crippen LogP contribution in [0.5, 0.6) is 0 Å². The van der Waals surface area contributed by atoms with Gasteiger partial charge in [0.2, 0.25) is 0 Å². The Hall–Kier alpha value is -2.71. The lowest BCUT2D eigenvalue weighted by Gasteiger charge is -2.40. The minimum atomic E-state index is 0.0548. The summed E-state index contributed by atoms with van der Waals surface area (Å²) in [5.74, 6) is 0.981. The number of hydrogen-bond acceptors (Lipinski definition) is 5. The van der Waals surface area contributed by atoms with Crippen LogP contribution in [0.3, 0.4) is 0 Å². The van der Waals surface area contributed by atoms with Crippen molar-refractivity contribution in [2.45, 2.75) is 58.2 Å². The molecule has 3 aromatic heterocycles. The van der Waals surface area contributed by atoms with Crippen molar-refractivity contribution in [1.29, 1.82) is 0 Å². The number of piperazine rings is 1. The smallest absolute Gasteiger partial charge is 0.274 e. The van der Waals surface area contributed by atoms with E-state index in [0.29, 0.717) is 24.8 Å². The van der Waals surface area contributed by atoms with Gasteiger partial charge in [0.1, 0.15) is 11.5 Å². The van der Waals surface area contributed by atoms with E-state index in [1.165, 1.54) is 32.1 Å². The second kappa shape index (κ2) is 9.65. The highest BCUT2D eigenvalue weighted by Gasteiger charge is 2.30. The van der Waals surface area contributed by atoms with Crippen LogP contribution in [0.15, 0.2) is 30.6 Å². The summed E-state index contributed by atoms with van der Waals surface area (Å²) in [6.07, 6.45) is 10.5. The summed E-state index contributed by atoms with van der Waals surface area (Å²) in [4.78, 5) is 32.9. The standard InChI is InChI=1S/C25H35N7O/c1-19-16-26-22(27-19)18-29(2)17-21-24(28-23-10-6-7-11-32(21)23)25(33)31-14-12-30(13-15-31)20-8-4-3-5-9-20/h6-7,10-11,16,20H,3-5,8-9,12-15,17-18H2,1-2H3,(H,26,27). The van der Waals surface area contributed by atoms with Crippen molar-refractivity contribution in [3.8, 4) is 0 Å². The lowest BCUT2D eigenvalue weighted by molar-refractivity contribution is 0.0517. The number of pyridine rings is 1. The fourth-order valence-corrected chi connectivity index (χ4v) is 5.37.